The predicted molar refractivity (Wildman–Crippen MR) is 73.3 cm³/mol. The van der Waals surface area contributed by atoms with E-state index in [0.29, 0.717) is 4.90 Å². The lowest BCUT2D eigenvalue weighted by molar-refractivity contribution is -0.166. The van der Waals surface area contributed by atoms with Gasteiger partial charge < -0.3 is 0 Å². The Morgan fingerprint density at radius 3 is 2.19 bits per heavy atom. The fourth-order valence-corrected chi connectivity index (χ4v) is 1.67. The fourth-order valence-electron chi connectivity index (χ4n) is 1.50. The Balaban J connectivity index is 3.16. The predicted octanol–water partition coefficient (Wildman–Crippen LogP) is 3.19. The van der Waals surface area contributed by atoms with Gasteiger partial charge in [-0.3, -0.25) is 14.5 Å². The molecule has 0 heterocycles. The van der Waals surface area contributed by atoms with Crippen molar-refractivity contribution in [1.82, 2.24) is 0 Å². The molecule has 21 heavy (non-hydrogen) atoms. The Morgan fingerprint density at radius 2 is 1.76 bits per heavy atom. The summed E-state index contributed by atoms with van der Waals surface area (Å²) in [5, 5.41) is -0.178. The van der Waals surface area contributed by atoms with Gasteiger partial charge in [0.15, 0.2) is 5.78 Å². The first-order valence-electron chi connectivity index (χ1n) is 5.82. The number of carbonyl (C=O) groups excluding carboxylic acids is 2. The third kappa shape index (κ3) is 4.26. The van der Waals surface area contributed by atoms with Crippen LogP contribution in [0, 0.1) is 6.92 Å². The lowest BCUT2D eigenvalue weighted by Gasteiger charge is -2.26. The van der Waals surface area contributed by atoms with Gasteiger partial charge in [0, 0.05) is 5.69 Å². The fraction of sp³-hybridized carbons (Fsp3) is 0.385. The Hall–Kier alpha value is -1.44. The summed E-state index contributed by atoms with van der Waals surface area (Å²) in [7, 11) is 0. The standard InChI is InChI=1S/C13H12BrF4NO2/c1-8-2-4-9(5-3-8)19(7-10(20)6-14)12(21)13(17,18)11(15)16/h2-5,11H,6-7H2,1H3. The van der Waals surface area contributed by atoms with Crippen LogP contribution in [0.15, 0.2) is 24.3 Å². The van der Waals surface area contributed by atoms with Gasteiger partial charge in [-0.1, -0.05) is 33.6 Å². The van der Waals surface area contributed by atoms with Crippen molar-refractivity contribution >= 4 is 33.3 Å². The highest BCUT2D eigenvalue weighted by atomic mass is 79.9. The smallest absolute Gasteiger partial charge is 0.300 e. The van der Waals surface area contributed by atoms with Crippen molar-refractivity contribution in [3.8, 4) is 0 Å². The molecule has 3 nitrogen and oxygen atoms in total. The monoisotopic (exact) mass is 369 g/mol. The minimum Gasteiger partial charge on any atom is -0.300 e. The minimum atomic E-state index is -4.85. The van der Waals surface area contributed by atoms with Gasteiger partial charge >= 0.3 is 18.3 Å². The molecule has 0 saturated carbocycles. The molecule has 0 N–H and O–H groups in total. The molecule has 0 atom stereocenters. The molecule has 0 bridgehead atoms. The first-order valence-corrected chi connectivity index (χ1v) is 6.94. The number of halogens is 5. The topological polar surface area (TPSA) is 37.4 Å². The number of rotatable bonds is 6. The van der Waals surface area contributed by atoms with E-state index in [9.17, 15) is 27.2 Å². The van der Waals surface area contributed by atoms with Gasteiger partial charge in [0.05, 0.1) is 11.9 Å². The summed E-state index contributed by atoms with van der Waals surface area (Å²) in [6.45, 7) is 1.02. The highest BCUT2D eigenvalue weighted by Gasteiger charge is 2.51. The number of amides is 1. The molecule has 0 unspecified atom stereocenters. The summed E-state index contributed by atoms with van der Waals surface area (Å²) in [5.74, 6) is -7.54. The van der Waals surface area contributed by atoms with E-state index < -0.39 is 30.6 Å². The van der Waals surface area contributed by atoms with Crippen LogP contribution in [-0.2, 0) is 9.59 Å². The van der Waals surface area contributed by atoms with E-state index in [1.165, 1.54) is 24.3 Å². The second-order valence-electron chi connectivity index (χ2n) is 4.32. The lowest BCUT2D eigenvalue weighted by atomic mass is 10.2. The Labute approximate surface area is 127 Å². The molecule has 116 valence electrons. The van der Waals surface area contributed by atoms with Crippen LogP contribution in [0.4, 0.5) is 23.2 Å². The Morgan fingerprint density at radius 1 is 1.24 bits per heavy atom. The van der Waals surface area contributed by atoms with E-state index in [-0.39, 0.29) is 11.0 Å². The maximum atomic E-state index is 13.2. The number of benzene rings is 1. The van der Waals surface area contributed by atoms with E-state index >= 15 is 0 Å². The van der Waals surface area contributed by atoms with Crippen molar-refractivity contribution in [2.24, 2.45) is 0 Å². The van der Waals surface area contributed by atoms with Crippen molar-refractivity contribution in [2.75, 3.05) is 16.8 Å². The van der Waals surface area contributed by atoms with Gasteiger partial charge in [-0.05, 0) is 19.1 Å². The number of alkyl halides is 5. The van der Waals surface area contributed by atoms with Crippen LogP contribution < -0.4 is 4.90 Å². The summed E-state index contributed by atoms with van der Waals surface area (Å²) in [6, 6.07) is 5.68. The molecule has 0 aliphatic carbocycles. The Kier molecular flexibility index (Phi) is 5.88. The molecule has 0 saturated heterocycles. The number of ketones is 1. The van der Waals surface area contributed by atoms with Crippen molar-refractivity contribution in [2.45, 2.75) is 19.3 Å². The second-order valence-corrected chi connectivity index (χ2v) is 4.88. The first kappa shape index (κ1) is 17.6. The number of carbonyl (C=O) groups is 2. The molecule has 8 heteroatoms. The maximum absolute atomic E-state index is 13.2. The molecule has 1 aromatic rings. The molecule has 0 aliphatic rings. The molecule has 0 radical (unpaired) electrons. The average molecular weight is 370 g/mol. The van der Waals surface area contributed by atoms with Crippen LogP contribution in [0.25, 0.3) is 0 Å². The average Bonchev–Trinajstić information content (AvgIpc) is 2.44. The van der Waals surface area contributed by atoms with Crippen LogP contribution in [0.3, 0.4) is 0 Å². The number of aryl methyl sites for hydroxylation is 1. The molecule has 1 amide bonds. The van der Waals surface area contributed by atoms with Crippen LogP contribution in [0.5, 0.6) is 0 Å². The maximum Gasteiger partial charge on any atom is 0.384 e. The van der Waals surface area contributed by atoms with Crippen LogP contribution in [0.2, 0.25) is 0 Å². The van der Waals surface area contributed by atoms with Crippen molar-refractivity contribution in [3.05, 3.63) is 29.8 Å². The number of hydrogen-bond acceptors (Lipinski definition) is 2. The molecular weight excluding hydrogens is 358 g/mol. The van der Waals surface area contributed by atoms with Gasteiger partial charge in [0.1, 0.15) is 0 Å². The normalized spacial score (nSPS) is 11.6. The highest BCUT2D eigenvalue weighted by Crippen LogP contribution is 2.28. The summed E-state index contributed by atoms with van der Waals surface area (Å²) in [6.07, 6.45) is -4.14. The molecule has 1 aromatic carbocycles. The van der Waals surface area contributed by atoms with Crippen molar-refractivity contribution < 1.29 is 27.2 Å². The minimum absolute atomic E-state index is 0.0415. The summed E-state index contributed by atoms with van der Waals surface area (Å²) in [4.78, 5) is 23.4. The third-order valence-electron chi connectivity index (χ3n) is 2.63. The number of anilines is 1. The van der Waals surface area contributed by atoms with Crippen LogP contribution in [-0.4, -0.2) is 35.9 Å². The molecule has 0 aliphatic heterocycles. The van der Waals surface area contributed by atoms with Gasteiger partial charge in [-0.2, -0.15) is 8.78 Å². The third-order valence-corrected chi connectivity index (χ3v) is 3.26. The van der Waals surface area contributed by atoms with Gasteiger partial charge in [0.25, 0.3) is 0 Å². The molecular formula is C13H12BrF4NO2. The molecule has 1 rings (SSSR count). The zero-order chi connectivity index (χ0) is 16.2. The first-order chi connectivity index (χ1) is 9.70. The Bertz CT molecular complexity index is 519. The van der Waals surface area contributed by atoms with Crippen LogP contribution >= 0.6 is 15.9 Å². The highest BCUT2D eigenvalue weighted by molar-refractivity contribution is 9.09. The largest absolute Gasteiger partial charge is 0.384 e. The van der Waals surface area contributed by atoms with Gasteiger partial charge in [-0.25, -0.2) is 8.78 Å². The van der Waals surface area contributed by atoms with Gasteiger partial charge in [-0.15, -0.1) is 0 Å². The zero-order valence-electron chi connectivity index (χ0n) is 11.0. The second kappa shape index (κ2) is 7.02. The molecule has 0 aromatic heterocycles. The number of hydrogen-bond donors (Lipinski definition) is 0. The number of nitrogens with zero attached hydrogens (tertiary/aromatic N) is 1. The number of Topliss-reactive ketones (excluding diaryl/α,β-unsaturated/α-hetero) is 1. The SMILES string of the molecule is Cc1ccc(N(CC(=O)CBr)C(=O)C(F)(F)C(F)F)cc1. The summed E-state index contributed by atoms with van der Waals surface area (Å²) in [5.41, 5.74) is 0.749. The summed E-state index contributed by atoms with van der Waals surface area (Å²) >= 11 is 2.83. The van der Waals surface area contributed by atoms with E-state index in [0.717, 1.165) is 5.56 Å². The van der Waals surface area contributed by atoms with E-state index in [4.69, 9.17) is 0 Å². The molecule has 0 fully saturated rings. The molecule has 0 spiro atoms. The van der Waals surface area contributed by atoms with Crippen molar-refractivity contribution in [3.63, 3.8) is 0 Å². The lowest BCUT2D eigenvalue weighted by Crippen LogP contribution is -2.49. The van der Waals surface area contributed by atoms with E-state index in [2.05, 4.69) is 15.9 Å². The van der Waals surface area contributed by atoms with Crippen molar-refractivity contribution in [1.29, 1.82) is 0 Å². The zero-order valence-corrected chi connectivity index (χ0v) is 12.5. The summed E-state index contributed by atoms with van der Waals surface area (Å²) < 4.78 is 51.2. The van der Waals surface area contributed by atoms with E-state index in [1.54, 1.807) is 6.92 Å². The van der Waals surface area contributed by atoms with Gasteiger partial charge in [0.2, 0.25) is 0 Å². The van der Waals surface area contributed by atoms with Crippen LogP contribution in [0.1, 0.15) is 5.56 Å². The quantitative estimate of drug-likeness (QED) is 0.570. The van der Waals surface area contributed by atoms with E-state index in [1.807, 2.05) is 0 Å².